The highest BCUT2D eigenvalue weighted by Crippen LogP contribution is 2.20. The Morgan fingerprint density at radius 1 is 1.10 bits per heavy atom. The number of hydrogen-bond acceptors (Lipinski definition) is 4. The van der Waals surface area contributed by atoms with Crippen molar-refractivity contribution < 1.29 is 19.1 Å². The first kappa shape index (κ1) is 20.4. The van der Waals surface area contributed by atoms with E-state index in [4.69, 9.17) is 4.74 Å². The molecule has 3 amide bonds. The summed E-state index contributed by atoms with van der Waals surface area (Å²) in [6, 6.07) is 13.6. The summed E-state index contributed by atoms with van der Waals surface area (Å²) in [5.74, 6) is -0.125. The summed E-state index contributed by atoms with van der Waals surface area (Å²) in [6.45, 7) is 4.22. The lowest BCUT2D eigenvalue weighted by Gasteiger charge is -2.16. The van der Waals surface area contributed by atoms with Crippen LogP contribution in [0.3, 0.4) is 0 Å². The van der Waals surface area contributed by atoms with E-state index in [0.29, 0.717) is 17.8 Å². The summed E-state index contributed by atoms with van der Waals surface area (Å²) >= 11 is 0. The van der Waals surface area contributed by atoms with Crippen LogP contribution in [0.1, 0.15) is 42.6 Å². The van der Waals surface area contributed by atoms with Gasteiger partial charge in [0.25, 0.3) is 5.91 Å². The van der Waals surface area contributed by atoms with Crippen molar-refractivity contribution in [1.82, 2.24) is 10.6 Å². The van der Waals surface area contributed by atoms with Crippen LogP contribution in [0, 0.1) is 0 Å². The van der Waals surface area contributed by atoms with Gasteiger partial charge in [-0.2, -0.15) is 0 Å². The summed E-state index contributed by atoms with van der Waals surface area (Å²) in [5, 5.41) is 8.28. The summed E-state index contributed by atoms with van der Waals surface area (Å²) < 4.78 is 5.75. The molecule has 1 atom stereocenters. The van der Waals surface area contributed by atoms with E-state index in [1.165, 1.54) is 0 Å². The lowest BCUT2D eigenvalue weighted by atomic mass is 10.1. The van der Waals surface area contributed by atoms with Crippen molar-refractivity contribution in [3.05, 3.63) is 59.7 Å². The Labute approximate surface area is 169 Å². The van der Waals surface area contributed by atoms with E-state index in [1.807, 2.05) is 38.1 Å². The molecule has 0 spiro atoms. The van der Waals surface area contributed by atoms with E-state index >= 15 is 0 Å². The molecule has 29 heavy (non-hydrogen) atoms. The number of fused-ring (bicyclic) bond motifs is 1. The van der Waals surface area contributed by atoms with E-state index in [0.717, 1.165) is 11.3 Å². The SMILES string of the molecule is CC(C)Oc1ccccc1CNC(=O)CCC1NC(=O)c2ccccc2NC1=O. The van der Waals surface area contributed by atoms with Crippen LogP contribution >= 0.6 is 0 Å². The fourth-order valence-corrected chi connectivity index (χ4v) is 3.09. The first-order valence-corrected chi connectivity index (χ1v) is 9.66. The van der Waals surface area contributed by atoms with Crippen LogP contribution in [0.4, 0.5) is 5.69 Å². The van der Waals surface area contributed by atoms with Crippen LogP contribution in [0.2, 0.25) is 0 Å². The minimum absolute atomic E-state index is 0.0355. The maximum atomic E-state index is 12.4. The first-order valence-electron chi connectivity index (χ1n) is 9.66. The number of para-hydroxylation sites is 2. The molecule has 0 aliphatic carbocycles. The molecule has 0 radical (unpaired) electrons. The van der Waals surface area contributed by atoms with E-state index in [-0.39, 0.29) is 36.7 Å². The fraction of sp³-hybridized carbons (Fsp3) is 0.318. The summed E-state index contributed by atoms with van der Waals surface area (Å²) in [6.07, 6.45) is 0.358. The van der Waals surface area contributed by atoms with Crippen molar-refractivity contribution in [2.45, 2.75) is 45.4 Å². The number of ether oxygens (including phenoxy) is 1. The number of anilines is 1. The smallest absolute Gasteiger partial charge is 0.254 e. The highest BCUT2D eigenvalue weighted by atomic mass is 16.5. The number of rotatable bonds is 7. The Morgan fingerprint density at radius 2 is 1.83 bits per heavy atom. The van der Waals surface area contributed by atoms with E-state index < -0.39 is 6.04 Å². The average Bonchev–Trinajstić information content (AvgIpc) is 2.81. The minimum atomic E-state index is -0.766. The van der Waals surface area contributed by atoms with Gasteiger partial charge in [-0.25, -0.2) is 0 Å². The highest BCUT2D eigenvalue weighted by molar-refractivity contribution is 6.09. The molecule has 0 saturated carbocycles. The minimum Gasteiger partial charge on any atom is -0.491 e. The molecular formula is C22H25N3O4. The highest BCUT2D eigenvalue weighted by Gasteiger charge is 2.27. The zero-order valence-corrected chi connectivity index (χ0v) is 16.5. The van der Waals surface area contributed by atoms with Gasteiger partial charge >= 0.3 is 0 Å². The molecule has 0 saturated heterocycles. The Morgan fingerprint density at radius 3 is 2.62 bits per heavy atom. The molecule has 0 bridgehead atoms. The monoisotopic (exact) mass is 395 g/mol. The standard InChI is InChI=1S/C22H25N3O4/c1-14(2)29-19-10-6-3-7-15(19)13-23-20(26)12-11-18-22(28)24-17-9-5-4-8-16(17)21(27)25-18/h3-10,14,18H,11-13H2,1-2H3,(H,23,26)(H,24,28)(H,25,27). The second-order valence-electron chi connectivity index (χ2n) is 7.15. The number of carbonyl (C=O) groups is 3. The zero-order chi connectivity index (χ0) is 20.8. The molecule has 1 aliphatic rings. The van der Waals surface area contributed by atoms with Crippen LogP contribution in [0.15, 0.2) is 48.5 Å². The molecule has 3 rings (SSSR count). The average molecular weight is 395 g/mol. The van der Waals surface area contributed by atoms with Gasteiger partial charge in [-0.05, 0) is 38.5 Å². The summed E-state index contributed by atoms with van der Waals surface area (Å²) in [4.78, 5) is 37.0. The van der Waals surface area contributed by atoms with Gasteiger partial charge in [-0.1, -0.05) is 30.3 Å². The van der Waals surface area contributed by atoms with Crippen LogP contribution in [0.5, 0.6) is 5.75 Å². The molecule has 7 nitrogen and oxygen atoms in total. The van der Waals surface area contributed by atoms with E-state index in [2.05, 4.69) is 16.0 Å². The van der Waals surface area contributed by atoms with Crippen molar-refractivity contribution in [3.8, 4) is 5.75 Å². The molecule has 3 N–H and O–H groups in total. The van der Waals surface area contributed by atoms with Gasteiger partial charge in [-0.15, -0.1) is 0 Å². The van der Waals surface area contributed by atoms with Gasteiger partial charge in [0, 0.05) is 18.5 Å². The topological polar surface area (TPSA) is 96.5 Å². The Hall–Kier alpha value is -3.35. The van der Waals surface area contributed by atoms with Gasteiger partial charge in [0.1, 0.15) is 11.8 Å². The second kappa shape index (κ2) is 9.23. The maximum absolute atomic E-state index is 12.4. The van der Waals surface area contributed by atoms with E-state index in [1.54, 1.807) is 24.3 Å². The van der Waals surface area contributed by atoms with Gasteiger partial charge in [0.15, 0.2) is 0 Å². The first-order chi connectivity index (χ1) is 13.9. The number of nitrogens with one attached hydrogen (secondary N) is 3. The number of amides is 3. The molecule has 2 aromatic rings. The van der Waals surface area contributed by atoms with Crippen molar-refractivity contribution in [2.24, 2.45) is 0 Å². The quantitative estimate of drug-likeness (QED) is 0.671. The molecule has 152 valence electrons. The van der Waals surface area contributed by atoms with Gasteiger partial charge in [0.05, 0.1) is 17.4 Å². The van der Waals surface area contributed by atoms with Crippen LogP contribution in [-0.2, 0) is 16.1 Å². The number of benzene rings is 2. The van der Waals surface area contributed by atoms with Crippen LogP contribution in [-0.4, -0.2) is 29.9 Å². The lowest BCUT2D eigenvalue weighted by Crippen LogP contribution is -2.42. The zero-order valence-electron chi connectivity index (χ0n) is 16.5. The Kier molecular flexibility index (Phi) is 6.49. The molecular weight excluding hydrogens is 370 g/mol. The van der Waals surface area contributed by atoms with E-state index in [9.17, 15) is 14.4 Å². The van der Waals surface area contributed by atoms with Gasteiger partial charge in [-0.3, -0.25) is 14.4 Å². The predicted octanol–water partition coefficient (Wildman–Crippen LogP) is 2.62. The van der Waals surface area contributed by atoms with Crippen molar-refractivity contribution >= 4 is 23.4 Å². The summed E-state index contributed by atoms with van der Waals surface area (Å²) in [5.41, 5.74) is 1.77. The van der Waals surface area contributed by atoms with Crippen molar-refractivity contribution in [3.63, 3.8) is 0 Å². The fourth-order valence-electron chi connectivity index (χ4n) is 3.09. The van der Waals surface area contributed by atoms with Gasteiger partial charge in [0.2, 0.25) is 11.8 Å². The molecule has 7 heteroatoms. The third-order valence-electron chi connectivity index (χ3n) is 4.52. The second-order valence-corrected chi connectivity index (χ2v) is 7.15. The normalized spacial score (nSPS) is 15.8. The molecule has 0 aromatic heterocycles. The molecule has 1 heterocycles. The van der Waals surface area contributed by atoms with Crippen LogP contribution < -0.4 is 20.7 Å². The predicted molar refractivity (Wildman–Crippen MR) is 110 cm³/mol. The number of hydrogen-bond donors (Lipinski definition) is 3. The third-order valence-corrected chi connectivity index (χ3v) is 4.52. The molecule has 1 aliphatic heterocycles. The van der Waals surface area contributed by atoms with Crippen molar-refractivity contribution in [2.75, 3.05) is 5.32 Å². The third kappa shape index (κ3) is 5.34. The number of carbonyl (C=O) groups excluding carboxylic acids is 3. The molecule has 0 fully saturated rings. The van der Waals surface area contributed by atoms with Crippen molar-refractivity contribution in [1.29, 1.82) is 0 Å². The van der Waals surface area contributed by atoms with Crippen LogP contribution in [0.25, 0.3) is 0 Å². The lowest BCUT2D eigenvalue weighted by molar-refractivity contribution is -0.122. The summed E-state index contributed by atoms with van der Waals surface area (Å²) in [7, 11) is 0. The van der Waals surface area contributed by atoms with Gasteiger partial charge < -0.3 is 20.7 Å². The molecule has 2 aromatic carbocycles. The Bertz CT molecular complexity index is 910. The maximum Gasteiger partial charge on any atom is 0.254 e. The molecule has 1 unspecified atom stereocenters. The largest absolute Gasteiger partial charge is 0.491 e. The Balaban J connectivity index is 1.54.